The van der Waals surface area contributed by atoms with Gasteiger partial charge in [-0.3, -0.25) is 9.48 Å². The highest BCUT2D eigenvalue weighted by atomic mass is 35.5. The number of carbonyl (C=O) groups excluding carboxylic acids is 1. The maximum absolute atomic E-state index is 11.7. The standard InChI is InChI=1S/C12H12ClN3O/c1-9-6-7-16(15-9)8-12(17)14-11-4-2-10(13)3-5-11/h2-7H,8H2,1H3,(H,14,17). The minimum absolute atomic E-state index is 0.115. The zero-order valence-corrected chi connectivity index (χ0v) is 10.1. The van der Waals surface area contributed by atoms with Gasteiger partial charge < -0.3 is 5.32 Å². The maximum atomic E-state index is 11.7. The van der Waals surface area contributed by atoms with Crippen LogP contribution in [0.3, 0.4) is 0 Å². The van der Waals surface area contributed by atoms with Crippen LogP contribution in [0.15, 0.2) is 36.5 Å². The van der Waals surface area contributed by atoms with Crippen LogP contribution in [0.5, 0.6) is 0 Å². The molecule has 0 saturated carbocycles. The summed E-state index contributed by atoms with van der Waals surface area (Å²) in [6, 6.07) is 8.84. The number of rotatable bonds is 3. The Morgan fingerprint density at radius 3 is 2.65 bits per heavy atom. The first-order chi connectivity index (χ1) is 8.13. The molecule has 5 heteroatoms. The number of nitrogens with zero attached hydrogens (tertiary/aromatic N) is 2. The first kappa shape index (κ1) is 11.7. The summed E-state index contributed by atoms with van der Waals surface area (Å²) in [5.74, 6) is -0.115. The lowest BCUT2D eigenvalue weighted by atomic mass is 10.3. The molecule has 2 aromatic rings. The molecule has 0 aliphatic heterocycles. The largest absolute Gasteiger partial charge is 0.324 e. The second-order valence-corrected chi connectivity index (χ2v) is 4.15. The Bertz CT molecular complexity index is 519. The molecule has 0 aliphatic rings. The molecule has 0 spiro atoms. The normalized spacial score (nSPS) is 10.2. The van der Waals surface area contributed by atoms with Crippen molar-refractivity contribution >= 4 is 23.2 Å². The minimum atomic E-state index is -0.115. The van der Waals surface area contributed by atoms with Crippen molar-refractivity contribution in [2.75, 3.05) is 5.32 Å². The van der Waals surface area contributed by atoms with Gasteiger partial charge in [0.25, 0.3) is 0 Å². The van der Waals surface area contributed by atoms with Crippen LogP contribution in [-0.4, -0.2) is 15.7 Å². The molecule has 88 valence electrons. The molecule has 1 amide bonds. The van der Waals surface area contributed by atoms with Gasteiger partial charge in [0.15, 0.2) is 0 Å². The molecule has 0 saturated heterocycles. The van der Waals surface area contributed by atoms with E-state index in [0.29, 0.717) is 5.02 Å². The van der Waals surface area contributed by atoms with Crippen molar-refractivity contribution < 1.29 is 4.79 Å². The van der Waals surface area contributed by atoms with Crippen LogP contribution in [0.25, 0.3) is 0 Å². The van der Waals surface area contributed by atoms with E-state index in [4.69, 9.17) is 11.6 Å². The summed E-state index contributed by atoms with van der Waals surface area (Å²) >= 11 is 5.75. The van der Waals surface area contributed by atoms with E-state index in [-0.39, 0.29) is 12.5 Å². The second kappa shape index (κ2) is 5.01. The van der Waals surface area contributed by atoms with Gasteiger partial charge in [-0.2, -0.15) is 5.10 Å². The molecule has 2 rings (SSSR count). The number of hydrogen-bond acceptors (Lipinski definition) is 2. The van der Waals surface area contributed by atoms with Gasteiger partial charge >= 0.3 is 0 Å². The number of benzene rings is 1. The third-order valence-electron chi connectivity index (χ3n) is 2.21. The average Bonchev–Trinajstić information content (AvgIpc) is 2.67. The number of halogens is 1. The summed E-state index contributed by atoms with van der Waals surface area (Å²) in [7, 11) is 0. The molecule has 0 fully saturated rings. The summed E-state index contributed by atoms with van der Waals surface area (Å²) < 4.78 is 1.60. The quantitative estimate of drug-likeness (QED) is 0.909. The minimum Gasteiger partial charge on any atom is -0.324 e. The fraction of sp³-hybridized carbons (Fsp3) is 0.167. The van der Waals surface area contributed by atoms with E-state index in [1.54, 1.807) is 35.1 Å². The second-order valence-electron chi connectivity index (χ2n) is 3.71. The predicted octanol–water partition coefficient (Wildman–Crippen LogP) is 2.48. The molecule has 0 atom stereocenters. The van der Waals surface area contributed by atoms with Gasteiger partial charge in [0.1, 0.15) is 6.54 Å². The first-order valence-electron chi connectivity index (χ1n) is 5.19. The molecule has 1 aromatic heterocycles. The van der Waals surface area contributed by atoms with Gasteiger partial charge in [0, 0.05) is 16.9 Å². The number of carbonyl (C=O) groups is 1. The van der Waals surface area contributed by atoms with E-state index >= 15 is 0 Å². The van der Waals surface area contributed by atoms with Gasteiger partial charge in [-0.25, -0.2) is 0 Å². The van der Waals surface area contributed by atoms with Gasteiger partial charge in [-0.05, 0) is 37.3 Å². The summed E-state index contributed by atoms with van der Waals surface area (Å²) in [4.78, 5) is 11.7. The maximum Gasteiger partial charge on any atom is 0.246 e. The molecular weight excluding hydrogens is 238 g/mol. The molecular formula is C12H12ClN3O. The van der Waals surface area contributed by atoms with Crippen LogP contribution in [0.4, 0.5) is 5.69 Å². The Hall–Kier alpha value is -1.81. The Morgan fingerprint density at radius 1 is 1.35 bits per heavy atom. The molecule has 0 unspecified atom stereocenters. The molecule has 0 radical (unpaired) electrons. The van der Waals surface area contributed by atoms with E-state index < -0.39 is 0 Å². The molecule has 1 aromatic carbocycles. The Kier molecular flexibility index (Phi) is 3.44. The highest BCUT2D eigenvalue weighted by Gasteiger charge is 2.04. The van der Waals surface area contributed by atoms with E-state index in [0.717, 1.165) is 11.4 Å². The average molecular weight is 250 g/mol. The molecule has 1 heterocycles. The van der Waals surface area contributed by atoms with Gasteiger partial charge in [0.05, 0.1) is 5.69 Å². The van der Waals surface area contributed by atoms with Crippen molar-refractivity contribution in [1.29, 1.82) is 0 Å². The van der Waals surface area contributed by atoms with Crippen molar-refractivity contribution in [3.05, 3.63) is 47.2 Å². The third-order valence-corrected chi connectivity index (χ3v) is 2.46. The highest BCUT2D eigenvalue weighted by molar-refractivity contribution is 6.30. The lowest BCUT2D eigenvalue weighted by Gasteiger charge is -2.05. The van der Waals surface area contributed by atoms with Crippen LogP contribution >= 0.6 is 11.6 Å². The number of aryl methyl sites for hydroxylation is 1. The number of amides is 1. The van der Waals surface area contributed by atoms with Crippen molar-refractivity contribution in [2.24, 2.45) is 0 Å². The number of hydrogen-bond donors (Lipinski definition) is 1. The van der Waals surface area contributed by atoms with Crippen LogP contribution in [0.1, 0.15) is 5.69 Å². The van der Waals surface area contributed by atoms with E-state index in [9.17, 15) is 4.79 Å². The van der Waals surface area contributed by atoms with Crippen molar-refractivity contribution in [1.82, 2.24) is 9.78 Å². The third kappa shape index (κ3) is 3.32. The van der Waals surface area contributed by atoms with Crippen LogP contribution < -0.4 is 5.32 Å². The smallest absolute Gasteiger partial charge is 0.246 e. The topological polar surface area (TPSA) is 46.9 Å². The predicted molar refractivity (Wildman–Crippen MR) is 67.0 cm³/mol. The number of aromatic nitrogens is 2. The first-order valence-corrected chi connectivity index (χ1v) is 5.57. The lowest BCUT2D eigenvalue weighted by molar-refractivity contribution is -0.116. The molecule has 4 nitrogen and oxygen atoms in total. The summed E-state index contributed by atoms with van der Waals surface area (Å²) in [5.41, 5.74) is 1.62. The van der Waals surface area contributed by atoms with Gasteiger partial charge in [0.2, 0.25) is 5.91 Å². The van der Waals surface area contributed by atoms with Crippen molar-refractivity contribution in [3.63, 3.8) is 0 Å². The number of anilines is 1. The zero-order chi connectivity index (χ0) is 12.3. The van der Waals surface area contributed by atoms with Crippen molar-refractivity contribution in [3.8, 4) is 0 Å². The SMILES string of the molecule is Cc1ccn(CC(=O)Nc2ccc(Cl)cc2)n1. The Balaban J connectivity index is 1.95. The van der Waals surface area contributed by atoms with Gasteiger partial charge in [-0.15, -0.1) is 0 Å². The van der Waals surface area contributed by atoms with E-state index in [1.807, 2.05) is 13.0 Å². The lowest BCUT2D eigenvalue weighted by Crippen LogP contribution is -2.19. The van der Waals surface area contributed by atoms with Gasteiger partial charge in [-0.1, -0.05) is 11.6 Å². The molecule has 0 aliphatic carbocycles. The Labute approximate surface area is 104 Å². The van der Waals surface area contributed by atoms with E-state index in [1.165, 1.54) is 0 Å². The molecule has 1 N–H and O–H groups in total. The van der Waals surface area contributed by atoms with E-state index in [2.05, 4.69) is 10.4 Å². The fourth-order valence-electron chi connectivity index (χ4n) is 1.43. The molecule has 0 bridgehead atoms. The monoisotopic (exact) mass is 249 g/mol. The summed E-state index contributed by atoms with van der Waals surface area (Å²) in [6.45, 7) is 2.09. The number of nitrogens with one attached hydrogen (secondary N) is 1. The summed E-state index contributed by atoms with van der Waals surface area (Å²) in [5, 5.41) is 7.55. The molecule has 17 heavy (non-hydrogen) atoms. The summed E-state index contributed by atoms with van der Waals surface area (Å²) in [6.07, 6.45) is 1.77. The zero-order valence-electron chi connectivity index (χ0n) is 9.35. The fourth-order valence-corrected chi connectivity index (χ4v) is 1.56. The van der Waals surface area contributed by atoms with Crippen LogP contribution in [-0.2, 0) is 11.3 Å². The highest BCUT2D eigenvalue weighted by Crippen LogP contribution is 2.13. The van der Waals surface area contributed by atoms with Crippen LogP contribution in [0, 0.1) is 6.92 Å². The van der Waals surface area contributed by atoms with Crippen molar-refractivity contribution in [2.45, 2.75) is 13.5 Å². The Morgan fingerprint density at radius 2 is 2.06 bits per heavy atom. The van der Waals surface area contributed by atoms with Crippen LogP contribution in [0.2, 0.25) is 5.02 Å².